The van der Waals surface area contributed by atoms with Crippen LogP contribution >= 0.6 is 11.6 Å². The molecule has 0 spiro atoms. The first-order valence-corrected chi connectivity index (χ1v) is 30.3. The van der Waals surface area contributed by atoms with Crippen LogP contribution in [0.3, 0.4) is 0 Å². The highest BCUT2D eigenvalue weighted by Crippen LogP contribution is 2.38. The monoisotopic (exact) mass is 1290 g/mol. The van der Waals surface area contributed by atoms with Crippen molar-refractivity contribution >= 4 is 70.4 Å². The first-order valence-electron chi connectivity index (χ1n) is 30.0. The van der Waals surface area contributed by atoms with Crippen LogP contribution in [0.15, 0.2) is 110 Å². The molecule has 1 aliphatic heterocycles. The minimum absolute atomic E-state index is 0.0622. The molecule has 6 aromatic rings. The summed E-state index contributed by atoms with van der Waals surface area (Å²) in [6.45, 7) is 12.7. The van der Waals surface area contributed by atoms with Crippen molar-refractivity contribution < 1.29 is 60.7 Å². The summed E-state index contributed by atoms with van der Waals surface area (Å²) in [5.74, 6) is -5.11. The highest BCUT2D eigenvalue weighted by molar-refractivity contribution is 6.31. The van der Waals surface area contributed by atoms with Crippen LogP contribution < -0.4 is 42.0 Å². The first kappa shape index (κ1) is 70.0. The number of alkyl carbamates (subject to hydrolysis) is 1. The number of alkyl halides is 3. The minimum Gasteiger partial charge on any atom is -0.445 e. The molecule has 0 fully saturated rings. The molecule has 0 saturated heterocycles. The number of nitriles is 1. The number of carbonyl (C=O) groups is 7. The van der Waals surface area contributed by atoms with E-state index < -0.39 is 59.8 Å². The molecule has 21 nitrogen and oxygen atoms in total. The fourth-order valence-electron chi connectivity index (χ4n) is 11.3. The Hall–Kier alpha value is -9.44. The van der Waals surface area contributed by atoms with E-state index in [1.54, 1.807) is 81.3 Å². The zero-order valence-electron chi connectivity index (χ0n) is 53.1. The largest absolute Gasteiger partial charge is 0.491 e. The number of quaternary nitrogens is 1. The standard InChI is InChI=1S/C67H78ClF3N12O9/c1-11-30-91-66(90)78-59(40(2)3)61(85)77-56(19-14-28-75-65(73)89)60(84)76-48-22-20-45(46(31-48)37-74-6)39-83(9,10)29-15-18-50-32-43-16-12-13-17-44(43)38-81(50)62(86)53-27-21-47(68)33-55(53)58-35-54(41(4)80(58)8)63(87)82(57-34-51(36-72)79(7)42(57)5)49-23-25-52(26-24-49)92-64(88)67(69,70)71/h11-13,16-17,20-27,31,33-35,40,50,56,59,74H,1,14-15,18-19,28-30,32,37-39H2,2-10H3,(H5-,73,75,76,77,78,84,85,89,90)/p+1/t50-,56+,59+/m1/s1. The number of halogens is 4. The van der Waals surface area contributed by atoms with Gasteiger partial charge in [-0.2, -0.15) is 18.4 Å². The fourth-order valence-corrected chi connectivity index (χ4v) is 11.5. The summed E-state index contributed by atoms with van der Waals surface area (Å²) in [5, 5.41) is 24.4. The summed E-state index contributed by atoms with van der Waals surface area (Å²) in [5.41, 5.74) is 13.1. The first-order chi connectivity index (χ1) is 43.5. The third-order valence-electron chi connectivity index (χ3n) is 16.4. The molecule has 0 saturated carbocycles. The lowest BCUT2D eigenvalue weighted by molar-refractivity contribution is -0.903. The van der Waals surface area contributed by atoms with Gasteiger partial charge in [0.2, 0.25) is 11.8 Å². The van der Waals surface area contributed by atoms with Gasteiger partial charge in [0.05, 0.1) is 31.9 Å². The van der Waals surface area contributed by atoms with Crippen LogP contribution in [-0.4, -0.2) is 125 Å². The Labute approximate surface area is 538 Å². The summed E-state index contributed by atoms with van der Waals surface area (Å²) >= 11 is 6.76. The van der Waals surface area contributed by atoms with Gasteiger partial charge in [0, 0.05) is 89.9 Å². The molecule has 0 aliphatic carbocycles. The van der Waals surface area contributed by atoms with Crippen molar-refractivity contribution in [3.63, 3.8) is 0 Å². The molecule has 0 bridgehead atoms. The predicted molar refractivity (Wildman–Crippen MR) is 344 cm³/mol. The number of primary amides is 1. The number of fused-ring (bicyclic) bond motifs is 1. The van der Waals surface area contributed by atoms with Crippen LogP contribution in [0.4, 0.5) is 39.8 Å². The molecule has 92 heavy (non-hydrogen) atoms. The summed E-state index contributed by atoms with van der Waals surface area (Å²) < 4.78 is 52.9. The Morgan fingerprint density at radius 1 is 0.880 bits per heavy atom. The zero-order valence-corrected chi connectivity index (χ0v) is 53.8. The van der Waals surface area contributed by atoms with E-state index in [4.69, 9.17) is 22.1 Å². The van der Waals surface area contributed by atoms with E-state index >= 15 is 9.59 Å². The summed E-state index contributed by atoms with van der Waals surface area (Å²) in [4.78, 5) is 97.1. The molecule has 4 aromatic carbocycles. The van der Waals surface area contributed by atoms with Crippen molar-refractivity contribution in [1.82, 2.24) is 35.3 Å². The van der Waals surface area contributed by atoms with Crippen molar-refractivity contribution in [2.45, 2.75) is 104 Å². The number of hydrogen-bond donors (Lipinski definition) is 6. The topological polar surface area (TPSA) is 264 Å². The lowest BCUT2D eigenvalue weighted by Gasteiger charge is -2.38. The summed E-state index contributed by atoms with van der Waals surface area (Å²) in [7, 11) is 9.52. The zero-order chi connectivity index (χ0) is 67.4. The van der Waals surface area contributed by atoms with E-state index in [0.717, 1.165) is 47.4 Å². The molecule has 7 amide bonds. The van der Waals surface area contributed by atoms with Gasteiger partial charge in [0.15, 0.2) is 0 Å². The maximum absolute atomic E-state index is 15.4. The maximum atomic E-state index is 15.4. The van der Waals surface area contributed by atoms with Crippen LogP contribution in [0.25, 0.3) is 11.3 Å². The summed E-state index contributed by atoms with van der Waals surface area (Å²) in [6, 6.07) is 25.9. The van der Waals surface area contributed by atoms with Crippen molar-refractivity contribution in [3.8, 4) is 23.1 Å². The Morgan fingerprint density at radius 2 is 1.59 bits per heavy atom. The smallest absolute Gasteiger partial charge is 0.445 e. The quantitative estimate of drug-likeness (QED) is 0.00978. The van der Waals surface area contributed by atoms with Gasteiger partial charge in [-0.1, -0.05) is 68.4 Å². The number of hydrogen-bond acceptors (Lipinski definition) is 11. The number of rotatable bonds is 26. The van der Waals surface area contributed by atoms with Crippen LogP contribution in [-0.2, 0) is 59.3 Å². The van der Waals surface area contributed by atoms with Gasteiger partial charge in [0.25, 0.3) is 11.8 Å². The number of esters is 1. The van der Waals surface area contributed by atoms with Crippen molar-refractivity contribution in [1.29, 1.82) is 5.26 Å². The van der Waals surface area contributed by atoms with Gasteiger partial charge in [-0.05, 0) is 142 Å². The van der Waals surface area contributed by atoms with Gasteiger partial charge in [0.1, 0.15) is 42.7 Å². The van der Waals surface area contributed by atoms with Crippen molar-refractivity contribution in [3.05, 3.63) is 165 Å². The average Bonchev–Trinajstić information content (AvgIpc) is 1.55. The number of urea groups is 1. The lowest BCUT2D eigenvalue weighted by atomic mass is 9.90. The van der Waals surface area contributed by atoms with E-state index in [2.05, 4.69) is 64.1 Å². The second-order valence-electron chi connectivity index (χ2n) is 23.7. The Morgan fingerprint density at radius 3 is 2.23 bits per heavy atom. The Balaban J connectivity index is 1.11. The Kier molecular flexibility index (Phi) is 23.3. The molecule has 7 rings (SSSR count). The molecular weight excluding hydrogens is 1210 g/mol. The highest BCUT2D eigenvalue weighted by Gasteiger charge is 2.42. The second kappa shape index (κ2) is 30.6. The number of ether oxygens (including phenoxy) is 2. The average molecular weight is 1290 g/mol. The van der Waals surface area contributed by atoms with E-state index in [1.807, 2.05) is 42.3 Å². The van der Waals surface area contributed by atoms with E-state index in [9.17, 15) is 42.4 Å². The number of nitrogens with two attached hydrogens (primary N) is 1. The van der Waals surface area contributed by atoms with Crippen LogP contribution in [0.2, 0.25) is 5.02 Å². The molecule has 7 N–H and O–H groups in total. The second-order valence-corrected chi connectivity index (χ2v) is 24.2. The number of amides is 7. The number of aromatic nitrogens is 2. The number of carbonyl (C=O) groups excluding carboxylic acids is 7. The molecule has 488 valence electrons. The number of anilines is 3. The molecule has 2 aromatic heterocycles. The minimum atomic E-state index is -5.24. The van der Waals surface area contributed by atoms with Crippen molar-refractivity contribution in [2.24, 2.45) is 25.7 Å². The number of benzene rings is 4. The van der Waals surface area contributed by atoms with E-state index in [-0.39, 0.29) is 54.4 Å². The fraction of sp³-hybridized carbons (Fsp3) is 0.373. The molecule has 3 heterocycles. The van der Waals surface area contributed by atoms with Gasteiger partial charge in [-0.25, -0.2) is 14.4 Å². The summed E-state index contributed by atoms with van der Waals surface area (Å²) in [6.07, 6.45) is -2.26. The maximum Gasteiger partial charge on any atom is 0.491 e. The highest BCUT2D eigenvalue weighted by atomic mass is 35.5. The number of nitrogens with zero attached hydrogens (tertiary/aromatic N) is 6. The van der Waals surface area contributed by atoms with Crippen LogP contribution in [0, 0.1) is 31.1 Å². The van der Waals surface area contributed by atoms with Crippen molar-refractivity contribution in [2.75, 3.05) is 51.1 Å². The molecule has 3 atom stereocenters. The van der Waals surface area contributed by atoms with Gasteiger partial charge < -0.3 is 60.3 Å². The van der Waals surface area contributed by atoms with E-state index in [1.165, 1.54) is 29.2 Å². The SMILES string of the molecule is C=CCOC(=O)N[C@H](C(=O)N[C@@H](CCCNC(N)=O)C(=O)Nc1ccc(C[N+](C)(C)CCC[C@@H]2Cc3ccccc3CN2C(=O)c2ccc(Cl)cc2-c2cc(C(=O)N(c3ccc(OC(=O)C(F)(F)F)cc3)c3cc(C#N)n(C)c3C)c(C)n2C)c(CNC)c1)C(C)C. The van der Waals surface area contributed by atoms with E-state index in [0.29, 0.717) is 88.0 Å². The third-order valence-corrected chi connectivity index (χ3v) is 16.6. The number of nitrogens with one attached hydrogen (secondary N) is 5. The van der Waals surface area contributed by atoms with Gasteiger partial charge in [-0.15, -0.1) is 0 Å². The molecule has 0 radical (unpaired) electrons. The third kappa shape index (κ3) is 17.3. The molecular formula is C67H79ClF3N12O9+. The Bertz CT molecular complexity index is 3780. The lowest BCUT2D eigenvalue weighted by Crippen LogP contribution is -2.54. The molecule has 25 heteroatoms. The molecule has 1 aliphatic rings. The van der Waals surface area contributed by atoms with Crippen LogP contribution in [0.1, 0.15) is 99.6 Å². The normalized spacial score (nSPS) is 13.7. The van der Waals surface area contributed by atoms with Crippen LogP contribution in [0.5, 0.6) is 5.75 Å². The predicted octanol–water partition coefficient (Wildman–Crippen LogP) is 9.77. The molecule has 0 unspecified atom stereocenters. The van der Waals surface area contributed by atoms with Gasteiger partial charge in [-0.3, -0.25) is 24.1 Å². The van der Waals surface area contributed by atoms with Gasteiger partial charge >= 0.3 is 24.3 Å².